The van der Waals surface area contributed by atoms with Crippen molar-refractivity contribution in [1.29, 1.82) is 0 Å². The summed E-state index contributed by atoms with van der Waals surface area (Å²) in [6.45, 7) is 0.214. The van der Waals surface area contributed by atoms with E-state index < -0.39 is 0 Å². The van der Waals surface area contributed by atoms with E-state index in [1.165, 1.54) is 16.7 Å². The zero-order valence-electron chi connectivity index (χ0n) is 19.0. The highest BCUT2D eigenvalue weighted by Crippen LogP contribution is 2.35. The third kappa shape index (κ3) is 5.56. The van der Waals surface area contributed by atoms with Crippen molar-refractivity contribution in [2.24, 2.45) is 10.2 Å². The Hall–Kier alpha value is -4.56. The molecule has 4 aromatic rings. The van der Waals surface area contributed by atoms with Crippen LogP contribution in [0.2, 0.25) is 0 Å². The van der Waals surface area contributed by atoms with Crippen molar-refractivity contribution in [2.75, 3.05) is 0 Å². The largest absolute Gasteiger partial charge is 0.507 e. The van der Waals surface area contributed by atoms with Gasteiger partial charge in [0.2, 0.25) is 0 Å². The number of aromatic hydroxyl groups is 1. The van der Waals surface area contributed by atoms with Gasteiger partial charge >= 0.3 is 0 Å². The Balaban J connectivity index is 1.38. The van der Waals surface area contributed by atoms with Gasteiger partial charge in [0.15, 0.2) is 5.17 Å². The summed E-state index contributed by atoms with van der Waals surface area (Å²) in [6, 6.07) is 27.4. The number of amidine groups is 1. The Labute approximate surface area is 212 Å². The summed E-state index contributed by atoms with van der Waals surface area (Å²) < 4.78 is 11.3. The zero-order chi connectivity index (χ0) is 24.7. The summed E-state index contributed by atoms with van der Waals surface area (Å²) >= 11 is 1.19. The van der Waals surface area contributed by atoms with Crippen LogP contribution in [0.25, 0.3) is 6.08 Å². The fourth-order valence-corrected chi connectivity index (χ4v) is 4.38. The first kappa shape index (κ1) is 23.2. The van der Waals surface area contributed by atoms with Crippen LogP contribution in [0.4, 0.5) is 0 Å². The van der Waals surface area contributed by atoms with E-state index in [1.54, 1.807) is 55.0 Å². The first-order valence-electron chi connectivity index (χ1n) is 11.1. The highest BCUT2D eigenvalue weighted by Gasteiger charge is 2.34. The Morgan fingerprint density at radius 1 is 0.944 bits per heavy atom. The molecule has 3 aromatic carbocycles. The van der Waals surface area contributed by atoms with Crippen LogP contribution in [0.5, 0.6) is 17.2 Å². The molecule has 8 heteroatoms. The van der Waals surface area contributed by atoms with Crippen molar-refractivity contribution >= 4 is 35.1 Å². The molecular weight excluding hydrogens is 474 g/mol. The first-order valence-corrected chi connectivity index (χ1v) is 11.9. The van der Waals surface area contributed by atoms with Crippen molar-refractivity contribution in [3.8, 4) is 17.2 Å². The topological polar surface area (TPSA) is 87.6 Å². The van der Waals surface area contributed by atoms with Gasteiger partial charge in [0.1, 0.15) is 23.0 Å². The predicted molar refractivity (Wildman–Crippen MR) is 141 cm³/mol. The molecule has 0 spiro atoms. The molecular formula is C28H21N3O4S. The number of carbonyl (C=O) groups is 1. The second-order valence-corrected chi connectivity index (χ2v) is 8.76. The molecule has 36 heavy (non-hydrogen) atoms. The molecule has 0 bridgehead atoms. The number of rotatable bonds is 7. The summed E-state index contributed by atoms with van der Waals surface area (Å²) in [5, 5.41) is 19.1. The van der Waals surface area contributed by atoms with Gasteiger partial charge in [-0.3, -0.25) is 9.69 Å². The van der Waals surface area contributed by atoms with E-state index in [0.717, 1.165) is 11.3 Å². The van der Waals surface area contributed by atoms with E-state index in [1.807, 2.05) is 54.6 Å². The lowest BCUT2D eigenvalue weighted by molar-refractivity contribution is -0.122. The van der Waals surface area contributed by atoms with E-state index in [0.29, 0.717) is 27.1 Å². The van der Waals surface area contributed by atoms with Crippen LogP contribution in [0.3, 0.4) is 0 Å². The van der Waals surface area contributed by atoms with Crippen LogP contribution in [-0.4, -0.2) is 27.3 Å². The van der Waals surface area contributed by atoms with Gasteiger partial charge in [0.25, 0.3) is 5.91 Å². The average molecular weight is 496 g/mol. The molecule has 1 amide bonds. The molecule has 178 valence electrons. The highest BCUT2D eigenvalue weighted by molar-refractivity contribution is 8.18. The van der Waals surface area contributed by atoms with Gasteiger partial charge in [-0.05, 0) is 65.9 Å². The van der Waals surface area contributed by atoms with Crippen molar-refractivity contribution < 1.29 is 19.1 Å². The molecule has 5 rings (SSSR count). The lowest BCUT2D eigenvalue weighted by Crippen LogP contribution is -2.28. The maximum Gasteiger partial charge on any atom is 0.267 e. The molecule has 1 aliphatic rings. The number of hydrogen-bond acceptors (Lipinski definition) is 7. The summed E-state index contributed by atoms with van der Waals surface area (Å²) in [4.78, 5) is 15.1. The maximum absolute atomic E-state index is 13.2. The minimum absolute atomic E-state index is 0.0944. The monoisotopic (exact) mass is 495 g/mol. The van der Waals surface area contributed by atoms with Crippen LogP contribution >= 0.6 is 11.8 Å². The molecule has 7 nitrogen and oxygen atoms in total. The van der Waals surface area contributed by atoms with Gasteiger partial charge in [-0.25, -0.2) is 0 Å². The first-order chi connectivity index (χ1) is 17.7. The third-order valence-corrected chi connectivity index (χ3v) is 6.19. The molecule has 2 heterocycles. The average Bonchev–Trinajstić information content (AvgIpc) is 3.51. The summed E-state index contributed by atoms with van der Waals surface area (Å²) in [7, 11) is 0. The van der Waals surface area contributed by atoms with Crippen molar-refractivity contribution in [3.63, 3.8) is 0 Å². The quantitative estimate of drug-likeness (QED) is 0.185. The van der Waals surface area contributed by atoms with Gasteiger partial charge in [-0.15, -0.1) is 5.10 Å². The molecule has 0 aliphatic carbocycles. The van der Waals surface area contributed by atoms with Crippen LogP contribution in [0, 0.1) is 0 Å². The van der Waals surface area contributed by atoms with Crippen molar-refractivity contribution in [2.45, 2.75) is 6.54 Å². The van der Waals surface area contributed by atoms with E-state index in [4.69, 9.17) is 9.15 Å². The maximum atomic E-state index is 13.2. The fraction of sp³-hybridized carbons (Fsp3) is 0.0357. The number of nitrogens with zero attached hydrogens (tertiary/aromatic N) is 3. The van der Waals surface area contributed by atoms with Crippen molar-refractivity contribution in [3.05, 3.63) is 119 Å². The Kier molecular flexibility index (Phi) is 6.95. The zero-order valence-corrected chi connectivity index (χ0v) is 19.8. The van der Waals surface area contributed by atoms with E-state index in [-0.39, 0.29) is 18.2 Å². The Bertz CT molecular complexity index is 1450. The molecule has 0 unspecified atom stereocenters. The number of benzene rings is 3. The molecule has 1 saturated heterocycles. The number of phenolic OH excluding ortho intramolecular Hbond substituents is 1. The second kappa shape index (κ2) is 10.8. The highest BCUT2D eigenvalue weighted by atomic mass is 32.2. The lowest BCUT2D eigenvalue weighted by Gasteiger charge is -2.12. The number of ether oxygens (including phenoxy) is 1. The summed E-state index contributed by atoms with van der Waals surface area (Å²) in [5.74, 6) is 1.89. The van der Waals surface area contributed by atoms with Crippen LogP contribution in [0.1, 0.15) is 16.9 Å². The van der Waals surface area contributed by atoms with Gasteiger partial charge in [-0.2, -0.15) is 5.10 Å². The predicted octanol–water partition coefficient (Wildman–Crippen LogP) is 6.28. The molecule has 1 aliphatic heterocycles. The molecule has 0 radical (unpaired) electrons. The van der Waals surface area contributed by atoms with Crippen LogP contribution in [-0.2, 0) is 11.3 Å². The van der Waals surface area contributed by atoms with E-state index in [2.05, 4.69) is 10.2 Å². The molecule has 0 saturated carbocycles. The van der Waals surface area contributed by atoms with Crippen LogP contribution in [0.15, 0.2) is 117 Å². The second-order valence-electron chi connectivity index (χ2n) is 7.75. The number of furan rings is 1. The molecule has 0 atom stereocenters. The normalized spacial score (nSPS) is 15.9. The fourth-order valence-electron chi connectivity index (χ4n) is 3.46. The molecule has 1 fully saturated rings. The van der Waals surface area contributed by atoms with Gasteiger partial charge in [0, 0.05) is 5.56 Å². The van der Waals surface area contributed by atoms with E-state index >= 15 is 0 Å². The van der Waals surface area contributed by atoms with Crippen molar-refractivity contribution in [1.82, 2.24) is 4.90 Å². The standard InChI is InChI=1S/C28H21N3O4S/c32-25-14-5-4-9-21(25)17-26-27(33)31(19-24-13-7-15-34-24)28(36-26)30-29-18-20-8-6-12-23(16-20)35-22-10-2-1-3-11-22/h1-18,32H,19H2/b26-17-,29-18-,30-28+. The summed E-state index contributed by atoms with van der Waals surface area (Å²) in [5.41, 5.74) is 1.34. The number of para-hydroxylation sites is 2. The minimum atomic E-state index is -0.244. The molecule has 1 N–H and O–H groups in total. The number of thioether (sulfide) groups is 1. The summed E-state index contributed by atoms with van der Waals surface area (Å²) in [6.07, 6.45) is 4.81. The Morgan fingerprint density at radius 3 is 2.56 bits per heavy atom. The van der Waals surface area contributed by atoms with Gasteiger partial charge in [-0.1, -0.05) is 48.5 Å². The number of amides is 1. The lowest BCUT2D eigenvalue weighted by atomic mass is 10.2. The van der Waals surface area contributed by atoms with Crippen LogP contribution < -0.4 is 4.74 Å². The van der Waals surface area contributed by atoms with E-state index in [9.17, 15) is 9.90 Å². The smallest absolute Gasteiger partial charge is 0.267 e. The van der Waals surface area contributed by atoms with Gasteiger partial charge < -0.3 is 14.3 Å². The number of hydrogen-bond donors (Lipinski definition) is 1. The third-order valence-electron chi connectivity index (χ3n) is 5.19. The Morgan fingerprint density at radius 2 is 1.75 bits per heavy atom. The number of phenols is 1. The SMILES string of the molecule is O=C1/C(=C/c2ccccc2O)S/C(=N/N=C\c2cccc(Oc3ccccc3)c2)N1Cc1ccco1. The molecule has 1 aromatic heterocycles. The minimum Gasteiger partial charge on any atom is -0.507 e. The number of carbonyl (C=O) groups excluding carboxylic acids is 1. The van der Waals surface area contributed by atoms with Gasteiger partial charge in [0.05, 0.1) is 23.9 Å².